The predicted octanol–water partition coefficient (Wildman–Crippen LogP) is 2.58. The van der Waals surface area contributed by atoms with Gasteiger partial charge in [-0.1, -0.05) is 24.4 Å². The molecule has 1 saturated carbocycles. The van der Waals surface area contributed by atoms with Crippen LogP contribution in [0.25, 0.3) is 0 Å². The summed E-state index contributed by atoms with van der Waals surface area (Å²) in [6.45, 7) is 1.64. The molecule has 0 bridgehead atoms. The quantitative estimate of drug-likeness (QED) is 0.777. The number of amides is 2. The number of rotatable bonds is 3. The van der Waals surface area contributed by atoms with Gasteiger partial charge in [-0.25, -0.2) is 0 Å². The molecule has 2 atom stereocenters. The summed E-state index contributed by atoms with van der Waals surface area (Å²) in [5, 5.41) is 6.58. The Morgan fingerprint density at radius 2 is 2.13 bits per heavy atom. The lowest BCUT2D eigenvalue weighted by molar-refractivity contribution is -0.128. The lowest BCUT2D eigenvalue weighted by atomic mass is 9.67. The molecule has 3 rings (SSSR count). The molecule has 1 aromatic carbocycles. The van der Waals surface area contributed by atoms with Crippen LogP contribution in [-0.4, -0.2) is 24.9 Å². The third-order valence-corrected chi connectivity index (χ3v) is 5.30. The van der Waals surface area contributed by atoms with E-state index in [1.54, 1.807) is 18.2 Å². The average Bonchev–Trinajstić information content (AvgIpc) is 2.92. The molecule has 0 spiro atoms. The lowest BCUT2D eigenvalue weighted by Gasteiger charge is -2.37. The molecular weight excluding hydrogens is 337 g/mol. The zero-order valence-electron chi connectivity index (χ0n) is 12.7. The minimum absolute atomic E-state index is 0. The van der Waals surface area contributed by atoms with Crippen LogP contribution in [0.3, 0.4) is 0 Å². The van der Waals surface area contributed by atoms with Gasteiger partial charge in [0.15, 0.2) is 0 Å². The smallest absolute Gasteiger partial charge is 0.250 e. The number of hydrogen-bond acceptors (Lipinski definition) is 3. The van der Waals surface area contributed by atoms with E-state index in [0.717, 1.165) is 32.4 Å². The van der Waals surface area contributed by atoms with Crippen molar-refractivity contribution in [2.45, 2.75) is 25.7 Å². The molecule has 2 fully saturated rings. The van der Waals surface area contributed by atoms with Gasteiger partial charge in [-0.3, -0.25) is 9.59 Å². The SMILES string of the molecule is Cl.NC(=O)c1ccc(NC(=O)[C@@]23CCCC[C@H]2CNC3)cc1Cl. The first-order valence-electron chi connectivity index (χ1n) is 7.64. The van der Waals surface area contributed by atoms with Crippen LogP contribution in [0.4, 0.5) is 5.69 Å². The van der Waals surface area contributed by atoms with Crippen molar-refractivity contribution in [1.29, 1.82) is 0 Å². The summed E-state index contributed by atoms with van der Waals surface area (Å²) in [7, 11) is 0. The highest BCUT2D eigenvalue weighted by molar-refractivity contribution is 6.34. The van der Waals surface area contributed by atoms with E-state index in [0.29, 0.717) is 11.6 Å². The van der Waals surface area contributed by atoms with Crippen molar-refractivity contribution in [3.05, 3.63) is 28.8 Å². The normalized spacial score (nSPS) is 26.0. The summed E-state index contributed by atoms with van der Waals surface area (Å²) in [4.78, 5) is 24.0. The second kappa shape index (κ2) is 7.07. The summed E-state index contributed by atoms with van der Waals surface area (Å²) in [6.07, 6.45) is 4.30. The van der Waals surface area contributed by atoms with Gasteiger partial charge in [-0.15, -0.1) is 12.4 Å². The average molecular weight is 358 g/mol. The molecule has 2 amide bonds. The first-order valence-corrected chi connectivity index (χ1v) is 8.02. The molecular formula is C16H21Cl2N3O2. The number of carbonyl (C=O) groups is 2. The van der Waals surface area contributed by atoms with E-state index in [4.69, 9.17) is 17.3 Å². The number of benzene rings is 1. The Morgan fingerprint density at radius 3 is 2.83 bits per heavy atom. The number of nitrogens with two attached hydrogens (primary N) is 1. The summed E-state index contributed by atoms with van der Waals surface area (Å²) in [5.74, 6) is -0.125. The Morgan fingerprint density at radius 1 is 1.35 bits per heavy atom. The van der Waals surface area contributed by atoms with Crippen LogP contribution in [0.2, 0.25) is 5.02 Å². The van der Waals surface area contributed by atoms with E-state index in [-0.39, 0.29) is 34.3 Å². The van der Waals surface area contributed by atoms with Crippen LogP contribution in [0, 0.1) is 11.3 Å². The molecule has 5 nitrogen and oxygen atoms in total. The van der Waals surface area contributed by atoms with Gasteiger partial charge in [0.25, 0.3) is 0 Å². The van der Waals surface area contributed by atoms with Gasteiger partial charge >= 0.3 is 0 Å². The Hall–Kier alpha value is -1.30. The Labute approximate surface area is 146 Å². The van der Waals surface area contributed by atoms with E-state index in [9.17, 15) is 9.59 Å². The third-order valence-electron chi connectivity index (χ3n) is 4.98. The van der Waals surface area contributed by atoms with Crippen LogP contribution in [-0.2, 0) is 4.79 Å². The minimum atomic E-state index is -0.575. The summed E-state index contributed by atoms with van der Waals surface area (Å²) in [6, 6.07) is 4.79. The van der Waals surface area contributed by atoms with Gasteiger partial charge in [-0.2, -0.15) is 0 Å². The zero-order chi connectivity index (χ0) is 15.7. The Bertz CT molecular complexity index is 623. The maximum absolute atomic E-state index is 12.8. The van der Waals surface area contributed by atoms with Gasteiger partial charge in [0, 0.05) is 12.2 Å². The number of carbonyl (C=O) groups excluding carboxylic acids is 2. The molecule has 0 unspecified atom stereocenters. The van der Waals surface area contributed by atoms with Crippen molar-refractivity contribution in [1.82, 2.24) is 5.32 Å². The van der Waals surface area contributed by atoms with E-state index in [2.05, 4.69) is 10.6 Å². The molecule has 1 saturated heterocycles. The summed E-state index contributed by atoms with van der Waals surface area (Å²) < 4.78 is 0. The summed E-state index contributed by atoms with van der Waals surface area (Å²) >= 11 is 6.04. The Kier molecular flexibility index (Phi) is 5.55. The fourth-order valence-electron chi connectivity index (χ4n) is 3.74. The second-order valence-corrected chi connectivity index (χ2v) is 6.65. The van der Waals surface area contributed by atoms with E-state index in [1.165, 1.54) is 6.42 Å². The van der Waals surface area contributed by atoms with Crippen molar-refractivity contribution in [2.75, 3.05) is 18.4 Å². The lowest BCUT2D eigenvalue weighted by Crippen LogP contribution is -2.44. The van der Waals surface area contributed by atoms with Crippen molar-refractivity contribution < 1.29 is 9.59 Å². The Balaban J connectivity index is 0.00000192. The molecule has 1 aromatic rings. The van der Waals surface area contributed by atoms with Gasteiger partial charge in [-0.05, 0) is 43.5 Å². The van der Waals surface area contributed by atoms with Crippen LogP contribution < -0.4 is 16.4 Å². The molecule has 0 aromatic heterocycles. The van der Waals surface area contributed by atoms with Crippen LogP contribution >= 0.6 is 24.0 Å². The van der Waals surface area contributed by atoms with Crippen LogP contribution in [0.1, 0.15) is 36.0 Å². The van der Waals surface area contributed by atoms with E-state index >= 15 is 0 Å². The van der Waals surface area contributed by atoms with Gasteiger partial charge in [0.1, 0.15) is 0 Å². The fourth-order valence-corrected chi connectivity index (χ4v) is 4.01. The molecule has 126 valence electrons. The van der Waals surface area contributed by atoms with E-state index in [1.807, 2.05) is 0 Å². The van der Waals surface area contributed by atoms with Crippen LogP contribution in [0.5, 0.6) is 0 Å². The maximum atomic E-state index is 12.8. The standard InChI is InChI=1S/C16H20ClN3O2.ClH/c17-13-7-11(4-5-12(13)14(18)21)20-15(22)16-6-2-1-3-10(16)8-19-9-16;/h4-5,7,10,19H,1-3,6,8-9H2,(H2,18,21)(H,20,22);1H/t10-,16+;/m0./s1. The highest BCUT2D eigenvalue weighted by Gasteiger charge is 2.49. The number of anilines is 1. The summed E-state index contributed by atoms with van der Waals surface area (Å²) in [5.41, 5.74) is 5.78. The predicted molar refractivity (Wildman–Crippen MR) is 93.1 cm³/mol. The van der Waals surface area contributed by atoms with Crippen molar-refractivity contribution in [3.63, 3.8) is 0 Å². The van der Waals surface area contributed by atoms with E-state index < -0.39 is 5.91 Å². The maximum Gasteiger partial charge on any atom is 0.250 e. The largest absolute Gasteiger partial charge is 0.366 e. The topological polar surface area (TPSA) is 84.2 Å². The first-order chi connectivity index (χ1) is 10.5. The number of primary amides is 1. The molecule has 23 heavy (non-hydrogen) atoms. The van der Waals surface area contributed by atoms with Crippen molar-refractivity contribution in [3.8, 4) is 0 Å². The number of hydrogen-bond donors (Lipinski definition) is 3. The molecule has 7 heteroatoms. The molecule has 0 radical (unpaired) electrons. The minimum Gasteiger partial charge on any atom is -0.366 e. The molecule has 2 aliphatic rings. The zero-order valence-corrected chi connectivity index (χ0v) is 14.3. The number of halogens is 2. The highest BCUT2D eigenvalue weighted by Crippen LogP contribution is 2.44. The highest BCUT2D eigenvalue weighted by atomic mass is 35.5. The molecule has 4 N–H and O–H groups in total. The third kappa shape index (κ3) is 3.32. The molecule has 1 heterocycles. The van der Waals surface area contributed by atoms with Gasteiger partial charge in [0.2, 0.25) is 11.8 Å². The molecule has 1 aliphatic heterocycles. The monoisotopic (exact) mass is 357 g/mol. The van der Waals surface area contributed by atoms with Crippen molar-refractivity contribution in [2.24, 2.45) is 17.1 Å². The molecule has 1 aliphatic carbocycles. The van der Waals surface area contributed by atoms with Crippen LogP contribution in [0.15, 0.2) is 18.2 Å². The number of fused-ring (bicyclic) bond motifs is 1. The fraction of sp³-hybridized carbons (Fsp3) is 0.500. The van der Waals surface area contributed by atoms with Gasteiger partial charge < -0.3 is 16.4 Å². The van der Waals surface area contributed by atoms with Gasteiger partial charge in [0.05, 0.1) is 16.0 Å². The second-order valence-electron chi connectivity index (χ2n) is 6.24. The number of nitrogens with one attached hydrogen (secondary N) is 2. The first kappa shape index (κ1) is 18.0. The van der Waals surface area contributed by atoms with Crippen molar-refractivity contribution >= 4 is 41.5 Å².